The van der Waals surface area contributed by atoms with Crippen molar-refractivity contribution in [2.75, 3.05) is 6.16 Å². The molecule has 216 valence electrons. The van der Waals surface area contributed by atoms with Gasteiger partial charge < -0.3 is 0 Å². The van der Waals surface area contributed by atoms with Crippen LogP contribution in [0.3, 0.4) is 0 Å². The topological polar surface area (TPSA) is 0 Å². The van der Waals surface area contributed by atoms with E-state index >= 15 is 0 Å². The third kappa shape index (κ3) is 4.88. The SMILES string of the molecule is CC(C)(C)[PH](CCC(F)(F)C(F)(F)C(F)(F)C(F)(F)C(F)(F)C(F)(F)F)(c1ccccc1)c1ccccc1. The summed E-state index contributed by atoms with van der Waals surface area (Å²) in [6.07, 6.45) is -10.6. The average Bonchev–Trinajstić information content (AvgIpc) is 2.78. The molecule has 0 aliphatic carbocycles. The molecular formula is C24H24F13P. The molecule has 0 bridgehead atoms. The third-order valence-corrected chi connectivity index (χ3v) is 12.8. The quantitative estimate of drug-likeness (QED) is 0.204. The molecule has 14 heteroatoms. The van der Waals surface area contributed by atoms with E-state index in [0.717, 1.165) is 0 Å². The van der Waals surface area contributed by atoms with E-state index in [0.29, 0.717) is 10.6 Å². The van der Waals surface area contributed by atoms with Crippen LogP contribution in [0.2, 0.25) is 0 Å². The zero-order chi connectivity index (χ0) is 29.6. The number of benzene rings is 2. The van der Waals surface area contributed by atoms with Gasteiger partial charge in [0.15, 0.2) is 0 Å². The van der Waals surface area contributed by atoms with Crippen molar-refractivity contribution in [3.8, 4) is 0 Å². The van der Waals surface area contributed by atoms with E-state index in [1.807, 2.05) is 0 Å². The summed E-state index contributed by atoms with van der Waals surface area (Å²) < 4.78 is 177. The van der Waals surface area contributed by atoms with Gasteiger partial charge in [0.1, 0.15) is 0 Å². The van der Waals surface area contributed by atoms with Gasteiger partial charge in [-0.1, -0.05) is 0 Å². The number of hydrogen-bond donors (Lipinski definition) is 0. The van der Waals surface area contributed by atoms with E-state index in [9.17, 15) is 57.1 Å². The maximum atomic E-state index is 14.8. The third-order valence-electron chi connectivity index (χ3n) is 6.63. The van der Waals surface area contributed by atoms with Gasteiger partial charge in [0.2, 0.25) is 0 Å². The van der Waals surface area contributed by atoms with Gasteiger partial charge in [-0.15, -0.1) is 0 Å². The van der Waals surface area contributed by atoms with Crippen LogP contribution in [-0.4, -0.2) is 47.1 Å². The first-order chi connectivity index (χ1) is 16.9. The summed E-state index contributed by atoms with van der Waals surface area (Å²) in [5, 5.41) is -0.214. The molecule has 38 heavy (non-hydrogen) atoms. The molecule has 0 aromatic heterocycles. The Kier molecular flexibility index (Phi) is 8.34. The van der Waals surface area contributed by atoms with Crippen LogP contribution in [0.25, 0.3) is 0 Å². The Morgan fingerprint density at radius 3 is 1.16 bits per heavy atom. The van der Waals surface area contributed by atoms with Crippen molar-refractivity contribution < 1.29 is 57.1 Å². The van der Waals surface area contributed by atoms with Crippen LogP contribution in [0.1, 0.15) is 27.2 Å². The van der Waals surface area contributed by atoms with Crippen LogP contribution < -0.4 is 10.6 Å². The molecule has 0 N–H and O–H groups in total. The Hall–Kier alpha value is -2.04. The first-order valence-corrected chi connectivity index (χ1v) is 13.2. The summed E-state index contributed by atoms with van der Waals surface area (Å²) in [7, 11) is -3.68. The van der Waals surface area contributed by atoms with E-state index in [4.69, 9.17) is 0 Å². The van der Waals surface area contributed by atoms with E-state index in [1.165, 1.54) is 48.5 Å². The predicted octanol–water partition coefficient (Wildman–Crippen LogP) is 8.31. The molecule has 2 aromatic rings. The van der Waals surface area contributed by atoms with Gasteiger partial charge in [-0.05, 0) is 0 Å². The number of rotatable bonds is 9. The molecule has 0 atom stereocenters. The van der Waals surface area contributed by atoms with Gasteiger partial charge in [0.25, 0.3) is 0 Å². The van der Waals surface area contributed by atoms with Crippen LogP contribution in [-0.2, 0) is 0 Å². The van der Waals surface area contributed by atoms with E-state index in [-0.39, 0.29) is 0 Å². The zero-order valence-corrected chi connectivity index (χ0v) is 21.1. The molecule has 0 heterocycles. The molecule has 0 radical (unpaired) electrons. The summed E-state index contributed by atoms with van der Waals surface area (Å²) in [6, 6.07) is 15.1. The van der Waals surface area contributed by atoms with Crippen LogP contribution in [0.5, 0.6) is 0 Å². The molecule has 2 aromatic carbocycles. The van der Waals surface area contributed by atoms with Crippen molar-refractivity contribution in [3.05, 3.63) is 60.7 Å². The Balaban J connectivity index is 2.65. The van der Waals surface area contributed by atoms with Gasteiger partial charge in [0.05, 0.1) is 0 Å². The van der Waals surface area contributed by atoms with E-state index in [1.54, 1.807) is 32.9 Å². The first kappa shape index (κ1) is 32.2. The summed E-state index contributed by atoms with van der Waals surface area (Å²) in [5.74, 6) is -36.8. The Morgan fingerprint density at radius 2 is 0.842 bits per heavy atom. The standard InChI is InChI=1S/C24H24F13P/c1-18(2,3)38(16-10-6-4-7-11-16,17-12-8-5-9-13-17)15-14-19(25,26)20(27,28)21(29,30)22(31,32)23(33,34)24(35,36)37/h4-13,38H,14-15H2,1-3H3. The fourth-order valence-corrected chi connectivity index (χ4v) is 10.0. The van der Waals surface area contributed by atoms with Crippen LogP contribution in [0.4, 0.5) is 57.1 Å². The molecule has 0 spiro atoms. The van der Waals surface area contributed by atoms with Gasteiger partial charge in [0, 0.05) is 0 Å². The molecule has 0 fully saturated rings. The molecule has 0 saturated carbocycles. The number of alkyl halides is 13. The van der Waals surface area contributed by atoms with Gasteiger partial charge >= 0.3 is 210 Å². The summed E-state index contributed by atoms with van der Waals surface area (Å²) >= 11 is 0. The maximum absolute atomic E-state index is 14.8. The van der Waals surface area contributed by atoms with Crippen LogP contribution >= 0.6 is 7.26 Å². The minimum atomic E-state index is -7.90. The van der Waals surface area contributed by atoms with Crippen molar-refractivity contribution in [3.63, 3.8) is 0 Å². The summed E-state index contributed by atoms with van der Waals surface area (Å²) in [4.78, 5) is 0. The van der Waals surface area contributed by atoms with Crippen molar-refractivity contribution in [1.29, 1.82) is 0 Å². The molecule has 0 aliphatic rings. The molecule has 0 amide bonds. The summed E-state index contributed by atoms with van der Waals surface area (Å²) in [5.41, 5.74) is 0. The average molecular weight is 590 g/mol. The van der Waals surface area contributed by atoms with Gasteiger partial charge in [-0.25, -0.2) is 0 Å². The molecule has 0 saturated heterocycles. The summed E-state index contributed by atoms with van der Waals surface area (Å²) in [6.45, 7) is 4.71. The van der Waals surface area contributed by atoms with E-state index < -0.39 is 60.8 Å². The van der Waals surface area contributed by atoms with Crippen molar-refractivity contribution in [2.24, 2.45) is 0 Å². The molecular weight excluding hydrogens is 566 g/mol. The van der Waals surface area contributed by atoms with E-state index in [2.05, 4.69) is 0 Å². The fourth-order valence-electron chi connectivity index (χ4n) is 4.45. The Labute approximate surface area is 210 Å². The van der Waals surface area contributed by atoms with Gasteiger partial charge in [-0.2, -0.15) is 0 Å². The van der Waals surface area contributed by atoms with Crippen molar-refractivity contribution in [2.45, 2.75) is 68.1 Å². The normalized spacial score (nSPS) is 15.5. The number of halogens is 13. The monoisotopic (exact) mass is 590 g/mol. The zero-order valence-electron chi connectivity index (χ0n) is 20.1. The Bertz CT molecular complexity index is 1030. The molecule has 0 aliphatic heterocycles. The second kappa shape index (κ2) is 9.86. The van der Waals surface area contributed by atoms with Crippen molar-refractivity contribution >= 4 is 17.9 Å². The number of hydrogen-bond acceptors (Lipinski definition) is 0. The van der Waals surface area contributed by atoms with Gasteiger partial charge in [-0.3, -0.25) is 0 Å². The van der Waals surface area contributed by atoms with Crippen LogP contribution in [0, 0.1) is 0 Å². The molecule has 0 nitrogen and oxygen atoms in total. The molecule has 2 rings (SSSR count). The second-order valence-corrected chi connectivity index (χ2v) is 14.9. The molecule has 0 unspecified atom stereocenters. The van der Waals surface area contributed by atoms with Crippen molar-refractivity contribution in [1.82, 2.24) is 0 Å². The van der Waals surface area contributed by atoms with Crippen LogP contribution in [0.15, 0.2) is 60.7 Å². The second-order valence-electron chi connectivity index (χ2n) is 9.89. The first-order valence-electron chi connectivity index (χ1n) is 11.0. The Morgan fingerprint density at radius 1 is 0.500 bits per heavy atom. The predicted molar refractivity (Wildman–Crippen MR) is 120 cm³/mol. The fraction of sp³-hybridized carbons (Fsp3) is 0.500. The minimum absolute atomic E-state index is 0.388.